The lowest BCUT2D eigenvalue weighted by molar-refractivity contribution is 0.414. The van der Waals surface area contributed by atoms with E-state index in [0.29, 0.717) is 10.6 Å². The number of ether oxygens (including phenoxy) is 1. The van der Waals surface area contributed by atoms with Crippen LogP contribution >= 0.6 is 0 Å². The van der Waals surface area contributed by atoms with Gasteiger partial charge in [-0.05, 0) is 19.1 Å². The number of rotatable bonds is 1. The zero-order valence-corrected chi connectivity index (χ0v) is 10.4. The molecule has 0 amide bonds. The van der Waals surface area contributed by atoms with Crippen molar-refractivity contribution in [3.63, 3.8) is 0 Å². The summed E-state index contributed by atoms with van der Waals surface area (Å²) in [6, 6.07) is 5.05. The van der Waals surface area contributed by atoms with Gasteiger partial charge in [-0.2, -0.15) is 0 Å². The highest BCUT2D eigenvalue weighted by atomic mass is 32.2. The number of hydrogen-bond donors (Lipinski definition) is 0. The molecular weight excluding hydrogens is 226 g/mol. The second-order valence-corrected chi connectivity index (χ2v) is 6.08. The molecule has 0 aliphatic carbocycles. The van der Waals surface area contributed by atoms with Crippen molar-refractivity contribution in [3.8, 4) is 5.75 Å². The second kappa shape index (κ2) is 3.66. The molecule has 0 radical (unpaired) electrons. The normalized spacial score (nSPS) is 22.7. The third-order valence-corrected chi connectivity index (χ3v) is 4.94. The number of anilines is 1. The zero-order chi connectivity index (χ0) is 11.9. The maximum atomic E-state index is 12.0. The lowest BCUT2D eigenvalue weighted by atomic mass is 10.2. The van der Waals surface area contributed by atoms with E-state index in [9.17, 15) is 8.42 Å². The third kappa shape index (κ3) is 1.65. The van der Waals surface area contributed by atoms with Crippen molar-refractivity contribution in [2.45, 2.75) is 17.9 Å². The lowest BCUT2D eigenvalue weighted by Gasteiger charge is -2.33. The van der Waals surface area contributed by atoms with Crippen LogP contribution in [0.15, 0.2) is 23.1 Å². The van der Waals surface area contributed by atoms with Gasteiger partial charge in [0, 0.05) is 19.2 Å². The van der Waals surface area contributed by atoms with Crippen molar-refractivity contribution in [3.05, 3.63) is 18.2 Å². The van der Waals surface area contributed by atoms with Crippen LogP contribution in [0.4, 0.5) is 5.69 Å². The Hall–Kier alpha value is -1.23. The van der Waals surface area contributed by atoms with E-state index >= 15 is 0 Å². The number of benzene rings is 1. The third-order valence-electron chi connectivity index (χ3n) is 3.00. The molecule has 2 rings (SSSR count). The fourth-order valence-corrected chi connectivity index (χ4v) is 3.75. The summed E-state index contributed by atoms with van der Waals surface area (Å²) < 4.78 is 29.0. The molecule has 0 spiro atoms. The molecule has 16 heavy (non-hydrogen) atoms. The first-order chi connectivity index (χ1) is 7.45. The molecule has 88 valence electrons. The van der Waals surface area contributed by atoms with E-state index in [2.05, 4.69) is 0 Å². The van der Waals surface area contributed by atoms with Crippen LogP contribution in [-0.2, 0) is 9.84 Å². The first-order valence-electron chi connectivity index (χ1n) is 5.09. The van der Waals surface area contributed by atoms with Crippen molar-refractivity contribution in [2.24, 2.45) is 0 Å². The van der Waals surface area contributed by atoms with Gasteiger partial charge in [-0.15, -0.1) is 0 Å². The van der Waals surface area contributed by atoms with E-state index in [4.69, 9.17) is 4.74 Å². The highest BCUT2D eigenvalue weighted by Crippen LogP contribution is 2.34. The van der Waals surface area contributed by atoms with Crippen molar-refractivity contribution in [1.82, 2.24) is 0 Å². The molecule has 5 heteroatoms. The smallest absolute Gasteiger partial charge is 0.182 e. The predicted octanol–water partition coefficient (Wildman–Crippen LogP) is 1.31. The van der Waals surface area contributed by atoms with E-state index in [-0.39, 0.29) is 11.8 Å². The van der Waals surface area contributed by atoms with E-state index in [1.165, 1.54) is 0 Å². The first kappa shape index (κ1) is 11.3. The molecule has 1 unspecified atom stereocenters. The molecule has 0 N–H and O–H groups in total. The highest BCUT2D eigenvalue weighted by Gasteiger charge is 2.31. The van der Waals surface area contributed by atoms with Gasteiger partial charge in [0.15, 0.2) is 9.84 Å². The number of fused-ring (bicyclic) bond motifs is 1. The Labute approximate surface area is 95.7 Å². The van der Waals surface area contributed by atoms with Crippen LogP contribution < -0.4 is 9.64 Å². The number of hydrogen-bond acceptors (Lipinski definition) is 4. The van der Waals surface area contributed by atoms with Crippen molar-refractivity contribution >= 4 is 15.5 Å². The van der Waals surface area contributed by atoms with Gasteiger partial charge in [0.05, 0.1) is 23.4 Å². The average molecular weight is 241 g/mol. The molecule has 1 aromatic rings. The van der Waals surface area contributed by atoms with Crippen LogP contribution in [0.5, 0.6) is 5.75 Å². The lowest BCUT2D eigenvalue weighted by Crippen LogP contribution is -2.40. The predicted molar refractivity (Wildman–Crippen MR) is 62.9 cm³/mol. The maximum absolute atomic E-state index is 12.0. The molecule has 1 aromatic carbocycles. The Balaban J connectivity index is 2.64. The zero-order valence-electron chi connectivity index (χ0n) is 9.60. The van der Waals surface area contributed by atoms with Crippen molar-refractivity contribution < 1.29 is 13.2 Å². The van der Waals surface area contributed by atoms with Crippen molar-refractivity contribution in [2.75, 3.05) is 24.8 Å². The van der Waals surface area contributed by atoms with Crippen LogP contribution in [-0.4, -0.2) is 34.4 Å². The maximum Gasteiger partial charge on any atom is 0.182 e. The summed E-state index contributed by atoms with van der Waals surface area (Å²) in [5.74, 6) is 0.845. The largest absolute Gasteiger partial charge is 0.497 e. The second-order valence-electron chi connectivity index (χ2n) is 4.07. The minimum Gasteiger partial charge on any atom is -0.497 e. The minimum atomic E-state index is -3.15. The van der Waals surface area contributed by atoms with Crippen LogP contribution in [0.2, 0.25) is 0 Å². The van der Waals surface area contributed by atoms with Crippen LogP contribution in [0.1, 0.15) is 6.92 Å². The summed E-state index contributed by atoms with van der Waals surface area (Å²) in [6.45, 7) is 1.90. The molecule has 0 fully saturated rings. The molecule has 1 aliphatic rings. The van der Waals surface area contributed by atoms with Gasteiger partial charge in [0.1, 0.15) is 5.75 Å². The van der Waals surface area contributed by atoms with Gasteiger partial charge in [-0.1, -0.05) is 0 Å². The van der Waals surface area contributed by atoms with E-state index in [0.717, 1.165) is 5.69 Å². The molecule has 0 saturated heterocycles. The Bertz CT molecular complexity index is 510. The molecule has 0 bridgehead atoms. The van der Waals surface area contributed by atoms with Gasteiger partial charge >= 0.3 is 0 Å². The first-order valence-corrected chi connectivity index (χ1v) is 6.74. The van der Waals surface area contributed by atoms with Crippen LogP contribution in [0.3, 0.4) is 0 Å². The molecule has 1 heterocycles. The summed E-state index contributed by atoms with van der Waals surface area (Å²) >= 11 is 0. The Kier molecular flexibility index (Phi) is 2.58. The van der Waals surface area contributed by atoms with E-state index < -0.39 is 9.84 Å². The standard InChI is InChI=1S/C11H15NO3S/c1-8-7-16(13,14)11-5-4-9(15-3)6-10(11)12(8)2/h4-6,8H,7H2,1-3H3. The molecular formula is C11H15NO3S. The van der Waals surface area contributed by atoms with E-state index in [1.54, 1.807) is 25.3 Å². The Morgan fingerprint density at radius 2 is 2.12 bits per heavy atom. The summed E-state index contributed by atoms with van der Waals surface area (Å²) in [6.07, 6.45) is 0. The van der Waals surface area contributed by atoms with Gasteiger partial charge in [0.25, 0.3) is 0 Å². The van der Waals surface area contributed by atoms with Gasteiger partial charge in [-0.3, -0.25) is 0 Å². The van der Waals surface area contributed by atoms with Gasteiger partial charge in [0.2, 0.25) is 0 Å². The highest BCUT2D eigenvalue weighted by molar-refractivity contribution is 7.91. The van der Waals surface area contributed by atoms with Gasteiger partial charge < -0.3 is 9.64 Å². The summed E-state index contributed by atoms with van der Waals surface area (Å²) in [5, 5.41) is 0. The van der Waals surface area contributed by atoms with Gasteiger partial charge in [-0.25, -0.2) is 8.42 Å². The summed E-state index contributed by atoms with van der Waals surface area (Å²) in [5.41, 5.74) is 0.720. The number of nitrogens with zero attached hydrogens (tertiary/aromatic N) is 1. The number of sulfone groups is 1. The topological polar surface area (TPSA) is 46.6 Å². The van der Waals surface area contributed by atoms with E-state index in [1.807, 2.05) is 18.9 Å². The van der Waals surface area contributed by atoms with Crippen LogP contribution in [0, 0.1) is 0 Å². The molecule has 0 saturated carbocycles. The fraction of sp³-hybridized carbons (Fsp3) is 0.455. The fourth-order valence-electron chi connectivity index (χ4n) is 1.92. The Morgan fingerprint density at radius 3 is 2.75 bits per heavy atom. The molecule has 1 atom stereocenters. The van der Waals surface area contributed by atoms with Crippen molar-refractivity contribution in [1.29, 1.82) is 0 Å². The molecule has 4 nitrogen and oxygen atoms in total. The summed E-state index contributed by atoms with van der Waals surface area (Å²) in [4.78, 5) is 2.37. The van der Waals surface area contributed by atoms with Crippen LogP contribution in [0.25, 0.3) is 0 Å². The summed E-state index contributed by atoms with van der Waals surface area (Å²) in [7, 11) is 0.326. The monoisotopic (exact) mass is 241 g/mol. The SMILES string of the molecule is COc1ccc2c(c1)N(C)C(C)CS2(=O)=O. The average Bonchev–Trinajstić information content (AvgIpc) is 2.25. The quantitative estimate of drug-likeness (QED) is 0.743. The number of methoxy groups -OCH3 is 1. The minimum absolute atomic E-state index is 0.00962. The Morgan fingerprint density at radius 1 is 1.44 bits per heavy atom. The molecule has 1 aliphatic heterocycles. The molecule has 0 aromatic heterocycles.